The molecule has 0 aromatic carbocycles. The average Bonchev–Trinajstić information content (AvgIpc) is 2.84. The Bertz CT molecular complexity index is 359. The molecular weight excluding hydrogens is 238 g/mol. The van der Waals surface area contributed by atoms with Crippen LogP contribution < -0.4 is 5.73 Å². The van der Waals surface area contributed by atoms with Crippen LogP contribution in [0.5, 0.6) is 0 Å². The Morgan fingerprint density at radius 1 is 1.41 bits per heavy atom. The lowest BCUT2D eigenvalue weighted by Gasteiger charge is -2.33. The van der Waals surface area contributed by atoms with E-state index in [2.05, 4.69) is 19.9 Å². The smallest absolute Gasteiger partial charge is 0.153 e. The lowest BCUT2D eigenvalue weighted by atomic mass is 10.3. The highest BCUT2D eigenvalue weighted by Gasteiger charge is 2.17. The van der Waals surface area contributed by atoms with Crippen LogP contribution in [-0.4, -0.2) is 58.6 Å². The van der Waals surface area contributed by atoms with Crippen molar-refractivity contribution < 1.29 is 5.21 Å². The summed E-state index contributed by atoms with van der Waals surface area (Å²) in [6.07, 6.45) is 1.92. The second kappa shape index (κ2) is 5.95. The monoisotopic (exact) mass is 255 g/mol. The lowest BCUT2D eigenvalue weighted by Crippen LogP contribution is -2.48. The maximum atomic E-state index is 8.51. The molecule has 0 unspecified atom stereocenters. The molecular formula is C10H17N5OS. The molecule has 94 valence electrons. The first-order valence-corrected chi connectivity index (χ1v) is 6.44. The zero-order chi connectivity index (χ0) is 12.1. The van der Waals surface area contributed by atoms with Crippen LogP contribution in [0.1, 0.15) is 4.88 Å². The van der Waals surface area contributed by atoms with E-state index in [0.717, 1.165) is 32.7 Å². The minimum absolute atomic E-state index is 0.279. The Labute approximate surface area is 104 Å². The van der Waals surface area contributed by atoms with Crippen LogP contribution in [0.3, 0.4) is 0 Å². The number of thiazole rings is 1. The van der Waals surface area contributed by atoms with Crippen molar-refractivity contribution in [3.05, 3.63) is 16.6 Å². The van der Waals surface area contributed by atoms with Gasteiger partial charge in [0.25, 0.3) is 0 Å². The number of piperazine rings is 1. The highest BCUT2D eigenvalue weighted by atomic mass is 32.1. The molecule has 7 heteroatoms. The van der Waals surface area contributed by atoms with E-state index < -0.39 is 0 Å². The molecule has 17 heavy (non-hydrogen) atoms. The summed E-state index contributed by atoms with van der Waals surface area (Å²) >= 11 is 1.69. The summed E-state index contributed by atoms with van der Waals surface area (Å²) in [5, 5.41) is 11.5. The first-order valence-electron chi connectivity index (χ1n) is 5.56. The van der Waals surface area contributed by atoms with E-state index >= 15 is 0 Å². The van der Waals surface area contributed by atoms with Gasteiger partial charge in [-0.25, -0.2) is 0 Å². The lowest BCUT2D eigenvalue weighted by molar-refractivity contribution is 0.140. The molecule has 1 aromatic rings. The van der Waals surface area contributed by atoms with Crippen molar-refractivity contribution >= 4 is 17.2 Å². The largest absolute Gasteiger partial charge is 0.409 e. The van der Waals surface area contributed by atoms with Gasteiger partial charge in [0.2, 0.25) is 0 Å². The number of nitrogens with zero attached hydrogens (tertiary/aromatic N) is 4. The summed E-state index contributed by atoms with van der Waals surface area (Å²) in [5.74, 6) is 0.279. The highest BCUT2D eigenvalue weighted by Crippen LogP contribution is 2.11. The average molecular weight is 255 g/mol. The summed E-state index contributed by atoms with van der Waals surface area (Å²) in [6.45, 7) is 5.45. The second-order valence-electron chi connectivity index (χ2n) is 4.11. The van der Waals surface area contributed by atoms with Crippen LogP contribution in [-0.2, 0) is 6.54 Å². The van der Waals surface area contributed by atoms with Gasteiger partial charge in [0, 0.05) is 43.8 Å². The van der Waals surface area contributed by atoms with E-state index in [1.54, 1.807) is 11.3 Å². The Balaban J connectivity index is 1.74. The summed E-state index contributed by atoms with van der Waals surface area (Å²) in [4.78, 5) is 9.97. The van der Waals surface area contributed by atoms with Crippen LogP contribution in [0, 0.1) is 0 Å². The van der Waals surface area contributed by atoms with E-state index in [1.165, 1.54) is 4.88 Å². The fourth-order valence-corrected chi connectivity index (χ4v) is 2.54. The van der Waals surface area contributed by atoms with E-state index in [-0.39, 0.29) is 5.84 Å². The quantitative estimate of drug-likeness (QED) is 0.343. The first-order chi connectivity index (χ1) is 8.28. The van der Waals surface area contributed by atoms with Gasteiger partial charge in [0.05, 0.1) is 12.1 Å². The molecule has 0 spiro atoms. The Morgan fingerprint density at radius 3 is 2.71 bits per heavy atom. The molecule has 2 heterocycles. The molecule has 0 radical (unpaired) electrons. The number of amidine groups is 1. The normalized spacial score (nSPS) is 19.6. The molecule has 2 rings (SSSR count). The maximum Gasteiger partial charge on any atom is 0.153 e. The zero-order valence-corrected chi connectivity index (χ0v) is 10.4. The molecule has 0 amide bonds. The molecule has 0 saturated carbocycles. The summed E-state index contributed by atoms with van der Waals surface area (Å²) in [5.41, 5.74) is 7.35. The summed E-state index contributed by atoms with van der Waals surface area (Å²) in [6, 6.07) is 0. The van der Waals surface area contributed by atoms with E-state index in [4.69, 9.17) is 10.9 Å². The van der Waals surface area contributed by atoms with Gasteiger partial charge in [0.1, 0.15) is 0 Å². The first kappa shape index (κ1) is 12.3. The molecule has 1 fully saturated rings. The van der Waals surface area contributed by atoms with E-state index in [9.17, 15) is 0 Å². The van der Waals surface area contributed by atoms with Gasteiger partial charge < -0.3 is 10.9 Å². The third-order valence-electron chi connectivity index (χ3n) is 2.84. The maximum absolute atomic E-state index is 8.51. The number of oxime groups is 1. The third-order valence-corrected chi connectivity index (χ3v) is 3.61. The molecule has 0 aliphatic carbocycles. The predicted molar refractivity (Wildman–Crippen MR) is 67.2 cm³/mol. The van der Waals surface area contributed by atoms with E-state index in [0.29, 0.717) is 6.54 Å². The summed E-state index contributed by atoms with van der Waals surface area (Å²) < 4.78 is 0. The van der Waals surface area contributed by atoms with Gasteiger partial charge in [0.15, 0.2) is 5.84 Å². The molecule has 0 bridgehead atoms. The molecule has 0 atom stereocenters. The fraction of sp³-hybridized carbons (Fsp3) is 0.600. The van der Waals surface area contributed by atoms with Gasteiger partial charge in [-0.3, -0.25) is 14.8 Å². The minimum atomic E-state index is 0.279. The number of hydrogen-bond donors (Lipinski definition) is 2. The van der Waals surface area contributed by atoms with Gasteiger partial charge in [-0.1, -0.05) is 5.16 Å². The Kier molecular flexibility index (Phi) is 4.29. The molecule has 1 aliphatic heterocycles. The van der Waals surface area contributed by atoms with Crippen molar-refractivity contribution in [2.75, 3.05) is 32.7 Å². The number of nitrogens with two attached hydrogens (primary N) is 1. The van der Waals surface area contributed by atoms with E-state index in [1.807, 2.05) is 11.7 Å². The zero-order valence-electron chi connectivity index (χ0n) is 9.62. The predicted octanol–water partition coefficient (Wildman–Crippen LogP) is 0.00710. The van der Waals surface area contributed by atoms with Gasteiger partial charge >= 0.3 is 0 Å². The Hall–Kier alpha value is -1.18. The topological polar surface area (TPSA) is 78.0 Å². The molecule has 1 saturated heterocycles. The molecule has 3 N–H and O–H groups in total. The van der Waals surface area contributed by atoms with Gasteiger partial charge in [-0.05, 0) is 0 Å². The summed E-state index contributed by atoms with van der Waals surface area (Å²) in [7, 11) is 0. The number of hydrogen-bond acceptors (Lipinski definition) is 6. The fourth-order valence-electron chi connectivity index (χ4n) is 1.91. The van der Waals surface area contributed by atoms with Gasteiger partial charge in [-0.2, -0.15) is 0 Å². The third kappa shape index (κ3) is 3.65. The van der Waals surface area contributed by atoms with Gasteiger partial charge in [-0.15, -0.1) is 11.3 Å². The molecule has 1 aliphatic rings. The molecule has 6 nitrogen and oxygen atoms in total. The number of rotatable bonds is 4. The van der Waals surface area contributed by atoms with Crippen molar-refractivity contribution in [2.45, 2.75) is 6.54 Å². The van der Waals surface area contributed by atoms with Crippen LogP contribution in [0.2, 0.25) is 0 Å². The SMILES string of the molecule is NC(CN1CCN(Cc2cncs2)CC1)=NO. The van der Waals surface area contributed by atoms with Crippen molar-refractivity contribution in [1.29, 1.82) is 0 Å². The Morgan fingerprint density at radius 2 is 2.12 bits per heavy atom. The van der Waals surface area contributed by atoms with Crippen molar-refractivity contribution in [1.82, 2.24) is 14.8 Å². The molecule has 1 aromatic heterocycles. The van der Waals surface area contributed by atoms with Crippen molar-refractivity contribution in [3.63, 3.8) is 0 Å². The van der Waals surface area contributed by atoms with Crippen LogP contribution in [0.4, 0.5) is 0 Å². The van der Waals surface area contributed by atoms with Crippen molar-refractivity contribution in [3.8, 4) is 0 Å². The minimum Gasteiger partial charge on any atom is -0.409 e. The second-order valence-corrected chi connectivity index (χ2v) is 5.08. The standard InChI is InChI=1S/C10H17N5OS/c11-10(13-16)7-15-3-1-14(2-4-15)6-9-5-12-8-17-9/h5,8,16H,1-4,6-7H2,(H2,11,13). The highest BCUT2D eigenvalue weighted by molar-refractivity contribution is 7.09. The number of aromatic nitrogens is 1. The van der Waals surface area contributed by atoms with Crippen LogP contribution in [0.15, 0.2) is 16.9 Å². The van der Waals surface area contributed by atoms with Crippen molar-refractivity contribution in [2.24, 2.45) is 10.9 Å². The van der Waals surface area contributed by atoms with Crippen LogP contribution >= 0.6 is 11.3 Å². The van der Waals surface area contributed by atoms with Crippen LogP contribution in [0.25, 0.3) is 0 Å².